The van der Waals surface area contributed by atoms with E-state index in [1.807, 2.05) is 0 Å². The minimum absolute atomic E-state index is 0.271. The lowest BCUT2D eigenvalue weighted by Crippen LogP contribution is -2.55. The topological polar surface area (TPSA) is 64.3 Å². The summed E-state index contributed by atoms with van der Waals surface area (Å²) in [4.78, 5) is 12.0. The number of aromatic nitrogens is 2. The van der Waals surface area contributed by atoms with E-state index in [-0.39, 0.29) is 5.60 Å². The zero-order valence-electron chi connectivity index (χ0n) is 11.3. The highest BCUT2D eigenvalue weighted by Crippen LogP contribution is 2.45. The fourth-order valence-electron chi connectivity index (χ4n) is 3.64. The Kier molecular flexibility index (Phi) is 3.62. The van der Waals surface area contributed by atoms with Gasteiger partial charge in [0.1, 0.15) is 0 Å². The summed E-state index contributed by atoms with van der Waals surface area (Å²) in [6, 6.07) is 0. The van der Waals surface area contributed by atoms with Gasteiger partial charge < -0.3 is 9.84 Å². The van der Waals surface area contributed by atoms with E-state index in [1.54, 1.807) is 17.1 Å². The molecular weight excluding hydrogens is 324 g/mol. The fourth-order valence-corrected chi connectivity index (χ4v) is 3.92. The van der Waals surface area contributed by atoms with Crippen molar-refractivity contribution in [1.82, 2.24) is 9.78 Å². The van der Waals surface area contributed by atoms with E-state index in [0.29, 0.717) is 19.4 Å². The Hall–Kier alpha value is -0.880. The Morgan fingerprint density at radius 2 is 2.10 bits per heavy atom. The Morgan fingerprint density at radius 3 is 2.70 bits per heavy atom. The predicted octanol–water partition coefficient (Wildman–Crippen LogP) is 2.94. The highest BCUT2D eigenvalue weighted by Gasteiger charge is 2.52. The summed E-state index contributed by atoms with van der Waals surface area (Å²) < 4.78 is 8.44. The third-order valence-electron chi connectivity index (χ3n) is 4.69. The van der Waals surface area contributed by atoms with Gasteiger partial charge in [0.05, 0.1) is 22.9 Å². The molecule has 5 nitrogen and oxygen atoms in total. The number of ether oxygens (including phenoxy) is 1. The Balaban J connectivity index is 1.96. The van der Waals surface area contributed by atoms with Crippen LogP contribution in [0.2, 0.25) is 0 Å². The molecule has 2 aliphatic rings. The first-order valence-corrected chi connectivity index (χ1v) is 7.94. The van der Waals surface area contributed by atoms with Crippen LogP contribution in [0.3, 0.4) is 0 Å². The van der Waals surface area contributed by atoms with Crippen molar-refractivity contribution >= 4 is 21.9 Å². The van der Waals surface area contributed by atoms with E-state index < -0.39 is 11.5 Å². The second-order valence-electron chi connectivity index (χ2n) is 5.96. The lowest BCUT2D eigenvalue weighted by Gasteiger charge is -2.47. The van der Waals surface area contributed by atoms with Gasteiger partial charge >= 0.3 is 5.97 Å². The summed E-state index contributed by atoms with van der Waals surface area (Å²) in [5.74, 6) is -0.804. The number of rotatable bonds is 2. The molecule has 1 aromatic heterocycles. The van der Waals surface area contributed by atoms with E-state index in [0.717, 1.165) is 30.2 Å². The molecule has 1 unspecified atom stereocenters. The number of aliphatic carboxylic acids is 1. The molecule has 2 heterocycles. The van der Waals surface area contributed by atoms with Gasteiger partial charge in [-0.25, -0.2) is 4.79 Å². The van der Waals surface area contributed by atoms with Crippen LogP contribution in [0.15, 0.2) is 16.9 Å². The van der Waals surface area contributed by atoms with Gasteiger partial charge in [-0.1, -0.05) is 19.3 Å². The Bertz CT molecular complexity index is 505. The molecule has 20 heavy (non-hydrogen) atoms. The van der Waals surface area contributed by atoms with Crippen LogP contribution in [0.4, 0.5) is 0 Å². The third kappa shape index (κ3) is 2.29. The number of carboxylic acids is 1. The maximum Gasteiger partial charge on any atom is 0.331 e. The van der Waals surface area contributed by atoms with Crippen LogP contribution in [0.25, 0.3) is 0 Å². The first-order valence-electron chi connectivity index (χ1n) is 7.14. The number of hydrogen-bond acceptors (Lipinski definition) is 3. The maximum atomic E-state index is 12.0. The minimum Gasteiger partial charge on any atom is -0.479 e. The summed E-state index contributed by atoms with van der Waals surface area (Å²) in [5.41, 5.74) is -1.24. The van der Waals surface area contributed by atoms with Gasteiger partial charge in [0, 0.05) is 19.0 Å². The molecule has 3 rings (SSSR count). The molecule has 6 heteroatoms. The average Bonchev–Trinajstić information content (AvgIpc) is 2.86. The van der Waals surface area contributed by atoms with Gasteiger partial charge in [-0.2, -0.15) is 5.10 Å². The molecule has 1 saturated heterocycles. The van der Waals surface area contributed by atoms with Crippen molar-refractivity contribution < 1.29 is 14.6 Å². The molecule has 0 aromatic carbocycles. The third-order valence-corrected chi connectivity index (χ3v) is 5.10. The van der Waals surface area contributed by atoms with Crippen molar-refractivity contribution in [2.75, 3.05) is 6.61 Å². The summed E-state index contributed by atoms with van der Waals surface area (Å²) in [5, 5.41) is 14.1. The second-order valence-corrected chi connectivity index (χ2v) is 6.87. The van der Waals surface area contributed by atoms with E-state index in [9.17, 15) is 9.90 Å². The van der Waals surface area contributed by atoms with Crippen LogP contribution >= 0.6 is 15.9 Å². The SMILES string of the molecule is O=C(O)C1(n2cc(Br)cn2)CCOC2(CCCCC2)C1. The van der Waals surface area contributed by atoms with Crippen LogP contribution in [-0.2, 0) is 15.1 Å². The van der Waals surface area contributed by atoms with E-state index in [1.165, 1.54) is 6.42 Å². The van der Waals surface area contributed by atoms with Crippen molar-refractivity contribution in [2.24, 2.45) is 0 Å². The molecule has 1 aliphatic heterocycles. The van der Waals surface area contributed by atoms with Crippen LogP contribution in [0.5, 0.6) is 0 Å². The van der Waals surface area contributed by atoms with E-state index in [4.69, 9.17) is 4.74 Å². The van der Waals surface area contributed by atoms with Gasteiger partial charge in [-0.3, -0.25) is 4.68 Å². The van der Waals surface area contributed by atoms with Gasteiger partial charge in [-0.05, 0) is 28.8 Å². The summed E-state index contributed by atoms with van der Waals surface area (Å²) in [6.45, 7) is 0.490. The number of hydrogen-bond donors (Lipinski definition) is 1. The lowest BCUT2D eigenvalue weighted by molar-refractivity contribution is -0.175. The molecule has 1 atom stereocenters. The second kappa shape index (κ2) is 5.15. The van der Waals surface area contributed by atoms with Gasteiger partial charge in [0.25, 0.3) is 0 Å². The van der Waals surface area contributed by atoms with Crippen molar-refractivity contribution in [3.05, 3.63) is 16.9 Å². The zero-order chi connectivity index (χ0) is 14.2. The number of carbonyl (C=O) groups is 1. The summed E-state index contributed by atoms with van der Waals surface area (Å²) in [6.07, 6.45) is 9.79. The van der Waals surface area contributed by atoms with Crippen LogP contribution < -0.4 is 0 Å². The van der Waals surface area contributed by atoms with E-state index in [2.05, 4.69) is 21.0 Å². The molecule has 0 radical (unpaired) electrons. The molecule has 1 N–H and O–H groups in total. The van der Waals surface area contributed by atoms with Gasteiger partial charge in [0.2, 0.25) is 0 Å². The highest BCUT2D eigenvalue weighted by atomic mass is 79.9. The Morgan fingerprint density at radius 1 is 1.35 bits per heavy atom. The van der Waals surface area contributed by atoms with E-state index >= 15 is 0 Å². The molecule has 1 spiro atoms. The van der Waals surface area contributed by atoms with Crippen molar-refractivity contribution in [3.63, 3.8) is 0 Å². The number of carboxylic acid groups (broad SMARTS) is 1. The van der Waals surface area contributed by atoms with Crippen LogP contribution in [-0.4, -0.2) is 33.1 Å². The highest BCUT2D eigenvalue weighted by molar-refractivity contribution is 9.10. The monoisotopic (exact) mass is 342 g/mol. The lowest BCUT2D eigenvalue weighted by atomic mass is 9.72. The molecule has 1 aliphatic carbocycles. The predicted molar refractivity (Wildman–Crippen MR) is 76.5 cm³/mol. The van der Waals surface area contributed by atoms with Gasteiger partial charge in [-0.15, -0.1) is 0 Å². The average molecular weight is 343 g/mol. The number of halogens is 1. The van der Waals surface area contributed by atoms with Crippen LogP contribution in [0, 0.1) is 0 Å². The minimum atomic E-state index is -0.971. The largest absolute Gasteiger partial charge is 0.479 e. The molecule has 2 fully saturated rings. The van der Waals surface area contributed by atoms with Crippen molar-refractivity contribution in [2.45, 2.75) is 56.1 Å². The van der Waals surface area contributed by atoms with Crippen molar-refractivity contribution in [1.29, 1.82) is 0 Å². The molecule has 1 aromatic rings. The normalized spacial score (nSPS) is 29.4. The first-order chi connectivity index (χ1) is 9.56. The summed E-state index contributed by atoms with van der Waals surface area (Å²) >= 11 is 3.35. The molecular formula is C14H19BrN2O3. The first kappa shape index (κ1) is 14.1. The standard InChI is InChI=1S/C14H19BrN2O3/c15-11-8-16-17(9-11)14(12(18)19)6-7-20-13(10-14)4-2-1-3-5-13/h8-9H,1-7,10H2,(H,18,19). The molecule has 1 saturated carbocycles. The summed E-state index contributed by atoms with van der Waals surface area (Å²) in [7, 11) is 0. The fraction of sp³-hybridized carbons (Fsp3) is 0.714. The smallest absolute Gasteiger partial charge is 0.331 e. The van der Waals surface area contributed by atoms with Crippen LogP contribution in [0.1, 0.15) is 44.9 Å². The van der Waals surface area contributed by atoms with Gasteiger partial charge in [0.15, 0.2) is 5.54 Å². The zero-order valence-corrected chi connectivity index (χ0v) is 12.9. The van der Waals surface area contributed by atoms with Crippen molar-refractivity contribution in [3.8, 4) is 0 Å². The maximum absolute atomic E-state index is 12.0. The number of nitrogens with zero attached hydrogens (tertiary/aromatic N) is 2. The molecule has 0 bridgehead atoms. The Labute approximate surface area is 126 Å². The quantitative estimate of drug-likeness (QED) is 0.897. The molecule has 110 valence electrons. The molecule has 0 amide bonds.